The van der Waals surface area contributed by atoms with E-state index in [2.05, 4.69) is 0 Å². The van der Waals surface area contributed by atoms with Crippen LogP contribution in [0.15, 0.2) is 23.0 Å². The van der Waals surface area contributed by atoms with E-state index in [1.165, 1.54) is 9.44 Å². The Labute approximate surface area is 165 Å². The summed E-state index contributed by atoms with van der Waals surface area (Å²) < 4.78 is 12.1. The molecular weight excluding hydrogens is 378 g/mol. The van der Waals surface area contributed by atoms with E-state index in [0.717, 1.165) is 24.8 Å². The zero-order valence-corrected chi connectivity index (χ0v) is 16.8. The van der Waals surface area contributed by atoms with E-state index in [1.807, 2.05) is 0 Å². The number of amides is 1. The summed E-state index contributed by atoms with van der Waals surface area (Å²) in [6, 6.07) is 4.46. The van der Waals surface area contributed by atoms with Crippen molar-refractivity contribution in [2.75, 3.05) is 14.2 Å². The molecule has 0 saturated carbocycles. The van der Waals surface area contributed by atoms with Gasteiger partial charge in [-0.1, -0.05) is 0 Å². The third-order valence-corrected chi connectivity index (χ3v) is 6.40. The molecule has 28 heavy (non-hydrogen) atoms. The van der Waals surface area contributed by atoms with Gasteiger partial charge in [-0.05, 0) is 49.9 Å². The second-order valence-electron chi connectivity index (χ2n) is 6.80. The fourth-order valence-corrected chi connectivity index (χ4v) is 4.97. The first-order valence-corrected chi connectivity index (χ1v) is 9.86. The lowest BCUT2D eigenvalue weighted by Crippen LogP contribution is -2.34. The van der Waals surface area contributed by atoms with E-state index in [9.17, 15) is 9.59 Å². The maximum atomic E-state index is 13.4. The minimum absolute atomic E-state index is 0.222. The Bertz CT molecular complexity index is 1150. The lowest BCUT2D eigenvalue weighted by molar-refractivity contribution is -0.120. The van der Waals surface area contributed by atoms with Crippen LogP contribution < -0.4 is 20.8 Å². The Kier molecular flexibility index (Phi) is 4.58. The lowest BCUT2D eigenvalue weighted by atomic mass is 10.1. The summed E-state index contributed by atoms with van der Waals surface area (Å²) in [6.07, 6.45) is 2.87. The zero-order valence-electron chi connectivity index (χ0n) is 15.9. The van der Waals surface area contributed by atoms with Gasteiger partial charge < -0.3 is 15.2 Å². The lowest BCUT2D eigenvalue weighted by Gasteiger charge is -2.18. The smallest absolute Gasteiger partial charge is 0.263 e. The van der Waals surface area contributed by atoms with Crippen LogP contribution in [-0.4, -0.2) is 29.7 Å². The van der Waals surface area contributed by atoms with Crippen LogP contribution in [0.25, 0.3) is 21.6 Å². The Morgan fingerprint density at radius 1 is 1.25 bits per heavy atom. The fourth-order valence-electron chi connectivity index (χ4n) is 3.72. The normalized spacial score (nSPS) is 14.1. The number of aromatic nitrogens is 2. The maximum Gasteiger partial charge on any atom is 0.263 e. The Balaban J connectivity index is 2.04. The van der Waals surface area contributed by atoms with Gasteiger partial charge in [0, 0.05) is 10.4 Å². The Morgan fingerprint density at radius 2 is 2.00 bits per heavy atom. The van der Waals surface area contributed by atoms with Gasteiger partial charge in [0.1, 0.15) is 16.7 Å². The minimum Gasteiger partial charge on any atom is -0.493 e. The number of nitrogens with zero attached hydrogens (tertiary/aromatic N) is 2. The molecular formula is C20H21N3O4S. The van der Waals surface area contributed by atoms with Crippen LogP contribution in [0.5, 0.6) is 11.5 Å². The number of hydrogen-bond acceptors (Lipinski definition) is 6. The number of benzene rings is 1. The number of rotatable bonds is 5. The first-order chi connectivity index (χ1) is 13.5. The van der Waals surface area contributed by atoms with Gasteiger partial charge in [-0.15, -0.1) is 11.3 Å². The molecule has 0 bridgehead atoms. The van der Waals surface area contributed by atoms with Gasteiger partial charge in [0.25, 0.3) is 5.56 Å². The highest BCUT2D eigenvalue weighted by Crippen LogP contribution is 2.37. The highest BCUT2D eigenvalue weighted by Gasteiger charge is 2.27. The molecule has 2 aromatic heterocycles. The van der Waals surface area contributed by atoms with Crippen molar-refractivity contribution in [2.24, 2.45) is 5.73 Å². The molecule has 4 rings (SSSR count). The van der Waals surface area contributed by atoms with Crippen molar-refractivity contribution in [3.8, 4) is 22.9 Å². The number of ether oxygens (including phenoxy) is 2. The van der Waals surface area contributed by atoms with E-state index in [-0.39, 0.29) is 5.56 Å². The van der Waals surface area contributed by atoms with Crippen LogP contribution in [0.4, 0.5) is 0 Å². The number of hydrogen-bond donors (Lipinski definition) is 1. The second kappa shape index (κ2) is 6.94. The van der Waals surface area contributed by atoms with Crippen LogP contribution in [-0.2, 0) is 17.6 Å². The molecule has 1 atom stereocenters. The molecule has 0 aliphatic heterocycles. The molecule has 0 saturated heterocycles. The van der Waals surface area contributed by atoms with Crippen molar-refractivity contribution in [1.82, 2.24) is 9.55 Å². The monoisotopic (exact) mass is 399 g/mol. The molecule has 1 aliphatic carbocycles. The van der Waals surface area contributed by atoms with E-state index in [4.69, 9.17) is 20.2 Å². The van der Waals surface area contributed by atoms with Gasteiger partial charge in [0.15, 0.2) is 11.5 Å². The van der Waals surface area contributed by atoms with Gasteiger partial charge in [-0.25, -0.2) is 4.98 Å². The molecule has 146 valence electrons. The molecule has 0 radical (unpaired) electrons. The average Bonchev–Trinajstić information content (AvgIpc) is 3.27. The van der Waals surface area contributed by atoms with Crippen LogP contribution >= 0.6 is 11.3 Å². The summed E-state index contributed by atoms with van der Waals surface area (Å²) in [5.41, 5.74) is 7.05. The SMILES string of the molecule is COc1ccc(-c2nc3sc4c(c3c(=O)n2C(C)C(N)=O)CCC4)cc1OC. The van der Waals surface area contributed by atoms with Crippen molar-refractivity contribution in [1.29, 1.82) is 0 Å². The van der Waals surface area contributed by atoms with Gasteiger partial charge in [0.2, 0.25) is 5.91 Å². The number of thiophene rings is 1. The fraction of sp³-hybridized carbons (Fsp3) is 0.350. The largest absolute Gasteiger partial charge is 0.493 e. The summed E-state index contributed by atoms with van der Waals surface area (Å²) in [4.78, 5) is 32.1. The number of fused-ring (bicyclic) bond motifs is 3. The summed E-state index contributed by atoms with van der Waals surface area (Å²) in [7, 11) is 3.10. The first-order valence-electron chi connectivity index (χ1n) is 9.04. The highest BCUT2D eigenvalue weighted by atomic mass is 32.1. The minimum atomic E-state index is -0.829. The maximum absolute atomic E-state index is 13.4. The van der Waals surface area contributed by atoms with Crippen molar-refractivity contribution < 1.29 is 14.3 Å². The van der Waals surface area contributed by atoms with Crippen molar-refractivity contribution in [3.63, 3.8) is 0 Å². The predicted octanol–water partition coefficient (Wildman–Crippen LogP) is 2.68. The van der Waals surface area contributed by atoms with Crippen molar-refractivity contribution in [3.05, 3.63) is 39.0 Å². The quantitative estimate of drug-likeness (QED) is 0.711. The summed E-state index contributed by atoms with van der Waals surface area (Å²) in [6.45, 7) is 1.62. The van der Waals surface area contributed by atoms with E-state index in [0.29, 0.717) is 33.1 Å². The summed E-state index contributed by atoms with van der Waals surface area (Å²) >= 11 is 1.56. The molecule has 3 aromatic rings. The number of carbonyl (C=O) groups excluding carboxylic acids is 1. The number of nitrogens with two attached hydrogens (primary N) is 1. The third-order valence-electron chi connectivity index (χ3n) is 5.21. The average molecular weight is 399 g/mol. The molecule has 8 heteroatoms. The molecule has 0 fully saturated rings. The van der Waals surface area contributed by atoms with Crippen molar-refractivity contribution in [2.45, 2.75) is 32.2 Å². The molecule has 1 aromatic carbocycles. The highest BCUT2D eigenvalue weighted by molar-refractivity contribution is 7.18. The summed E-state index contributed by atoms with van der Waals surface area (Å²) in [5, 5.41) is 0.620. The van der Waals surface area contributed by atoms with Gasteiger partial charge >= 0.3 is 0 Å². The Morgan fingerprint density at radius 3 is 2.68 bits per heavy atom. The van der Waals surface area contributed by atoms with Gasteiger partial charge in [-0.2, -0.15) is 0 Å². The molecule has 2 N–H and O–H groups in total. The van der Waals surface area contributed by atoms with Crippen molar-refractivity contribution >= 4 is 27.5 Å². The van der Waals surface area contributed by atoms with E-state index in [1.54, 1.807) is 50.7 Å². The predicted molar refractivity (Wildman–Crippen MR) is 108 cm³/mol. The van der Waals surface area contributed by atoms with Gasteiger partial charge in [0.05, 0.1) is 19.6 Å². The van der Waals surface area contributed by atoms with E-state index >= 15 is 0 Å². The first kappa shape index (κ1) is 18.5. The summed E-state index contributed by atoms with van der Waals surface area (Å²) in [5.74, 6) is 0.891. The van der Waals surface area contributed by atoms with Gasteiger partial charge in [-0.3, -0.25) is 14.2 Å². The molecule has 0 spiro atoms. The van der Waals surface area contributed by atoms with E-state index < -0.39 is 11.9 Å². The third kappa shape index (κ3) is 2.75. The molecule has 1 amide bonds. The standard InChI is InChI=1S/C20H21N3O4S/c1-10(17(21)24)23-18(11-7-8-13(26-2)14(9-11)27-3)22-19-16(20(23)25)12-5-4-6-15(12)28-19/h7-10H,4-6H2,1-3H3,(H2,21,24). The van der Waals surface area contributed by atoms with Crippen LogP contribution in [0.1, 0.15) is 29.8 Å². The second-order valence-corrected chi connectivity index (χ2v) is 7.88. The topological polar surface area (TPSA) is 96.4 Å². The molecule has 7 nitrogen and oxygen atoms in total. The zero-order chi connectivity index (χ0) is 20.0. The number of carbonyl (C=O) groups is 1. The molecule has 2 heterocycles. The number of aryl methyl sites for hydroxylation is 2. The number of methoxy groups -OCH3 is 2. The number of primary amides is 1. The molecule has 1 aliphatic rings. The van der Waals surface area contributed by atoms with Crippen LogP contribution in [0.2, 0.25) is 0 Å². The van der Waals surface area contributed by atoms with Crippen LogP contribution in [0, 0.1) is 0 Å². The van der Waals surface area contributed by atoms with Crippen LogP contribution in [0.3, 0.4) is 0 Å². The molecule has 1 unspecified atom stereocenters. The Hall–Kier alpha value is -2.87.